The van der Waals surface area contributed by atoms with Crippen LogP contribution in [0.5, 0.6) is 11.5 Å². The van der Waals surface area contributed by atoms with Crippen LogP contribution in [0.1, 0.15) is 12.6 Å². The van der Waals surface area contributed by atoms with Crippen LogP contribution in [0, 0.1) is 0 Å². The first-order valence-corrected chi connectivity index (χ1v) is 6.15. The predicted octanol–water partition coefficient (Wildman–Crippen LogP) is 2.47. The molecule has 0 aliphatic carbocycles. The monoisotopic (exact) mass is 262 g/mol. The molecule has 0 bridgehead atoms. The number of ether oxygens (including phenoxy) is 2. The van der Waals surface area contributed by atoms with Gasteiger partial charge in [-0.2, -0.15) is 0 Å². The molecule has 0 unspecified atom stereocenters. The molecule has 0 saturated heterocycles. The van der Waals surface area contributed by atoms with Crippen LogP contribution in [0.15, 0.2) is 29.0 Å². The summed E-state index contributed by atoms with van der Waals surface area (Å²) in [4.78, 5) is 4.23. The predicted molar refractivity (Wildman–Crippen MR) is 72.4 cm³/mol. The molecule has 1 aromatic heterocycles. The summed E-state index contributed by atoms with van der Waals surface area (Å²) >= 11 is 0. The molecular formula is C14H18N2O3. The minimum Gasteiger partial charge on any atom is -0.497 e. The summed E-state index contributed by atoms with van der Waals surface area (Å²) in [5, 5.41) is 3.23. The van der Waals surface area contributed by atoms with Gasteiger partial charge >= 0.3 is 0 Å². The van der Waals surface area contributed by atoms with Crippen molar-refractivity contribution in [2.24, 2.45) is 0 Å². The summed E-state index contributed by atoms with van der Waals surface area (Å²) in [5.41, 5.74) is 1.76. The fourth-order valence-electron chi connectivity index (χ4n) is 1.81. The molecule has 1 aromatic carbocycles. The summed E-state index contributed by atoms with van der Waals surface area (Å²) in [5.74, 6) is 2.18. The summed E-state index contributed by atoms with van der Waals surface area (Å²) in [6.45, 7) is 3.60. The Labute approximate surface area is 112 Å². The first kappa shape index (κ1) is 13.4. The number of aromatic nitrogens is 1. The van der Waals surface area contributed by atoms with Gasteiger partial charge in [-0.05, 0) is 18.7 Å². The summed E-state index contributed by atoms with van der Waals surface area (Å²) in [6.07, 6.45) is 1.45. The lowest BCUT2D eigenvalue weighted by Crippen LogP contribution is -2.12. The van der Waals surface area contributed by atoms with Gasteiger partial charge in [0.25, 0.3) is 0 Å². The van der Waals surface area contributed by atoms with E-state index in [-0.39, 0.29) is 0 Å². The van der Waals surface area contributed by atoms with Crippen LogP contribution in [0.25, 0.3) is 11.3 Å². The van der Waals surface area contributed by atoms with E-state index >= 15 is 0 Å². The standard InChI is InChI=1S/C14H18N2O3/c1-4-15-8-13-14(19-9-16-13)10-5-11(17-2)7-12(6-10)18-3/h5-7,9,15H,4,8H2,1-3H3. The minimum atomic E-state index is 0.669. The number of nitrogens with zero attached hydrogens (tertiary/aromatic N) is 1. The van der Waals surface area contributed by atoms with Crippen LogP contribution in [0.4, 0.5) is 0 Å². The van der Waals surface area contributed by atoms with Gasteiger partial charge in [0.1, 0.15) is 17.2 Å². The van der Waals surface area contributed by atoms with Crippen molar-refractivity contribution in [3.63, 3.8) is 0 Å². The van der Waals surface area contributed by atoms with Crippen LogP contribution in [-0.4, -0.2) is 25.7 Å². The van der Waals surface area contributed by atoms with Crippen LogP contribution < -0.4 is 14.8 Å². The Morgan fingerprint density at radius 2 is 1.84 bits per heavy atom. The number of hydrogen-bond acceptors (Lipinski definition) is 5. The lowest BCUT2D eigenvalue weighted by Gasteiger charge is -2.08. The van der Waals surface area contributed by atoms with Gasteiger partial charge in [0.2, 0.25) is 0 Å². The number of oxazole rings is 1. The van der Waals surface area contributed by atoms with Crippen molar-refractivity contribution < 1.29 is 13.9 Å². The van der Waals surface area contributed by atoms with Crippen LogP contribution in [0.3, 0.4) is 0 Å². The zero-order chi connectivity index (χ0) is 13.7. The molecule has 2 aromatic rings. The number of nitrogens with one attached hydrogen (secondary N) is 1. The molecule has 0 radical (unpaired) electrons. The van der Waals surface area contributed by atoms with E-state index in [2.05, 4.69) is 10.3 Å². The first-order chi connectivity index (χ1) is 9.28. The minimum absolute atomic E-state index is 0.669. The van der Waals surface area contributed by atoms with Gasteiger partial charge in [-0.25, -0.2) is 4.98 Å². The van der Waals surface area contributed by atoms with E-state index in [0.717, 1.165) is 35.1 Å². The number of hydrogen-bond donors (Lipinski definition) is 1. The molecule has 5 nitrogen and oxygen atoms in total. The molecule has 1 heterocycles. The average molecular weight is 262 g/mol. The van der Waals surface area contributed by atoms with Crippen molar-refractivity contribution in [2.75, 3.05) is 20.8 Å². The first-order valence-electron chi connectivity index (χ1n) is 6.15. The van der Waals surface area contributed by atoms with Gasteiger partial charge < -0.3 is 19.2 Å². The zero-order valence-corrected chi connectivity index (χ0v) is 11.4. The average Bonchev–Trinajstić information content (AvgIpc) is 2.92. The zero-order valence-electron chi connectivity index (χ0n) is 11.4. The normalized spacial score (nSPS) is 10.5. The van der Waals surface area contributed by atoms with Crippen molar-refractivity contribution in [3.05, 3.63) is 30.3 Å². The van der Waals surface area contributed by atoms with Gasteiger partial charge in [0, 0.05) is 18.2 Å². The third-order valence-corrected chi connectivity index (χ3v) is 2.80. The van der Waals surface area contributed by atoms with E-state index in [4.69, 9.17) is 13.9 Å². The molecule has 0 aliphatic rings. The highest BCUT2D eigenvalue weighted by atomic mass is 16.5. The topological polar surface area (TPSA) is 56.5 Å². The summed E-state index contributed by atoms with van der Waals surface area (Å²) < 4.78 is 16.0. The van der Waals surface area contributed by atoms with E-state index in [1.165, 1.54) is 6.39 Å². The molecule has 102 valence electrons. The highest BCUT2D eigenvalue weighted by molar-refractivity contribution is 5.64. The maximum Gasteiger partial charge on any atom is 0.181 e. The van der Waals surface area contributed by atoms with Gasteiger partial charge in [0.15, 0.2) is 12.2 Å². The Kier molecular flexibility index (Phi) is 4.41. The molecule has 0 amide bonds. The molecule has 0 fully saturated rings. The van der Waals surface area contributed by atoms with Crippen molar-refractivity contribution in [2.45, 2.75) is 13.5 Å². The Balaban J connectivity index is 2.37. The summed E-state index contributed by atoms with van der Waals surface area (Å²) in [6, 6.07) is 5.63. The quantitative estimate of drug-likeness (QED) is 0.866. The lowest BCUT2D eigenvalue weighted by atomic mass is 10.1. The third-order valence-electron chi connectivity index (χ3n) is 2.80. The third kappa shape index (κ3) is 3.06. The maximum atomic E-state index is 5.48. The number of benzene rings is 1. The largest absolute Gasteiger partial charge is 0.497 e. The van der Waals surface area contributed by atoms with E-state index < -0.39 is 0 Å². The van der Waals surface area contributed by atoms with Crippen molar-refractivity contribution in [1.82, 2.24) is 10.3 Å². The molecule has 0 saturated carbocycles. The van der Waals surface area contributed by atoms with Crippen molar-refractivity contribution >= 4 is 0 Å². The van der Waals surface area contributed by atoms with Gasteiger partial charge in [0.05, 0.1) is 14.2 Å². The van der Waals surface area contributed by atoms with E-state index in [1.54, 1.807) is 14.2 Å². The highest BCUT2D eigenvalue weighted by Gasteiger charge is 2.13. The second kappa shape index (κ2) is 6.24. The Bertz CT molecular complexity index is 515. The fourth-order valence-corrected chi connectivity index (χ4v) is 1.81. The van der Waals surface area contributed by atoms with Gasteiger partial charge in [-0.15, -0.1) is 0 Å². The van der Waals surface area contributed by atoms with Crippen LogP contribution in [-0.2, 0) is 6.54 Å². The Hall–Kier alpha value is -2.01. The highest BCUT2D eigenvalue weighted by Crippen LogP contribution is 2.31. The Morgan fingerprint density at radius 3 is 2.42 bits per heavy atom. The molecule has 19 heavy (non-hydrogen) atoms. The van der Waals surface area contributed by atoms with Crippen LogP contribution >= 0.6 is 0 Å². The number of rotatable bonds is 6. The molecule has 0 spiro atoms. The van der Waals surface area contributed by atoms with E-state index in [0.29, 0.717) is 6.54 Å². The molecule has 0 aliphatic heterocycles. The second-order valence-corrected chi connectivity index (χ2v) is 4.01. The van der Waals surface area contributed by atoms with Gasteiger partial charge in [-0.1, -0.05) is 6.92 Å². The lowest BCUT2D eigenvalue weighted by molar-refractivity contribution is 0.394. The number of methoxy groups -OCH3 is 2. The van der Waals surface area contributed by atoms with E-state index in [1.807, 2.05) is 25.1 Å². The molecule has 5 heteroatoms. The van der Waals surface area contributed by atoms with Crippen molar-refractivity contribution in [3.8, 4) is 22.8 Å². The Morgan fingerprint density at radius 1 is 1.16 bits per heavy atom. The van der Waals surface area contributed by atoms with Gasteiger partial charge in [-0.3, -0.25) is 0 Å². The second-order valence-electron chi connectivity index (χ2n) is 4.01. The molecule has 1 N–H and O–H groups in total. The smallest absolute Gasteiger partial charge is 0.181 e. The molecule has 2 rings (SSSR count). The SMILES string of the molecule is CCNCc1ncoc1-c1cc(OC)cc(OC)c1. The van der Waals surface area contributed by atoms with E-state index in [9.17, 15) is 0 Å². The summed E-state index contributed by atoms with van der Waals surface area (Å²) in [7, 11) is 3.25. The molecular weight excluding hydrogens is 244 g/mol. The molecule has 0 atom stereocenters. The fraction of sp³-hybridized carbons (Fsp3) is 0.357. The maximum absolute atomic E-state index is 5.48. The van der Waals surface area contributed by atoms with Crippen LogP contribution in [0.2, 0.25) is 0 Å². The van der Waals surface area contributed by atoms with Crippen molar-refractivity contribution in [1.29, 1.82) is 0 Å².